The Morgan fingerprint density at radius 1 is 1.44 bits per heavy atom. The molecule has 18 heavy (non-hydrogen) atoms. The van der Waals surface area contributed by atoms with E-state index in [1.54, 1.807) is 14.0 Å². The van der Waals surface area contributed by atoms with Crippen LogP contribution in [0.15, 0.2) is 0 Å². The maximum Gasteiger partial charge on any atom is 0.408 e. The third kappa shape index (κ3) is 2.55. The molecule has 0 bridgehead atoms. The van der Waals surface area contributed by atoms with Crippen molar-refractivity contribution in [2.75, 3.05) is 26.7 Å². The normalized spacial score (nSPS) is 24.1. The summed E-state index contributed by atoms with van der Waals surface area (Å²) in [4.78, 5) is 37.2. The minimum absolute atomic E-state index is 0.188. The summed E-state index contributed by atoms with van der Waals surface area (Å²) in [6.07, 6.45) is -1.47. The Morgan fingerprint density at radius 3 is 2.56 bits per heavy atom. The maximum atomic E-state index is 12.1. The molecule has 1 atom stereocenters. The van der Waals surface area contributed by atoms with E-state index in [4.69, 9.17) is 9.84 Å². The average molecular weight is 258 g/mol. The number of carbonyl (C=O) groups excluding carboxylic acids is 2. The molecule has 1 N–H and O–H groups in total. The Kier molecular flexibility index (Phi) is 4.15. The van der Waals surface area contributed by atoms with E-state index in [2.05, 4.69) is 0 Å². The van der Waals surface area contributed by atoms with Crippen molar-refractivity contribution in [3.8, 4) is 0 Å². The number of rotatable bonds is 3. The Hall–Kier alpha value is -1.79. The fraction of sp³-hybridized carbons (Fsp3) is 0.727. The topological polar surface area (TPSA) is 87.2 Å². The number of ether oxygens (including phenoxy) is 1. The lowest BCUT2D eigenvalue weighted by atomic mass is 9.91. The van der Waals surface area contributed by atoms with Crippen LogP contribution in [0.1, 0.15) is 20.3 Å². The minimum Gasteiger partial charge on any atom is -0.466 e. The SMILES string of the molecule is CCOC(=O)CC1(C)C(=O)N(C)CCN1C(=O)O. The lowest BCUT2D eigenvalue weighted by Crippen LogP contribution is -2.65. The van der Waals surface area contributed by atoms with Gasteiger partial charge in [0.05, 0.1) is 13.0 Å². The third-order valence-electron chi connectivity index (χ3n) is 3.09. The average Bonchev–Trinajstić information content (AvgIpc) is 2.25. The molecule has 1 saturated heterocycles. The van der Waals surface area contributed by atoms with Crippen molar-refractivity contribution in [3.63, 3.8) is 0 Å². The van der Waals surface area contributed by atoms with Crippen molar-refractivity contribution in [1.82, 2.24) is 9.80 Å². The molecule has 0 aromatic rings. The molecule has 0 spiro atoms. The molecule has 1 unspecified atom stereocenters. The highest BCUT2D eigenvalue weighted by Crippen LogP contribution is 2.26. The van der Waals surface area contributed by atoms with Gasteiger partial charge in [0.25, 0.3) is 0 Å². The summed E-state index contributed by atoms with van der Waals surface area (Å²) < 4.78 is 4.79. The summed E-state index contributed by atoms with van der Waals surface area (Å²) in [6.45, 7) is 3.82. The van der Waals surface area contributed by atoms with Crippen LogP contribution in [0.3, 0.4) is 0 Å². The number of piperazine rings is 1. The molecule has 0 radical (unpaired) electrons. The van der Waals surface area contributed by atoms with Crippen molar-refractivity contribution in [2.24, 2.45) is 0 Å². The van der Waals surface area contributed by atoms with Gasteiger partial charge < -0.3 is 14.7 Å². The monoisotopic (exact) mass is 258 g/mol. The van der Waals surface area contributed by atoms with Gasteiger partial charge in [-0.2, -0.15) is 0 Å². The molecule has 1 rings (SSSR count). The number of hydrogen-bond donors (Lipinski definition) is 1. The first kappa shape index (κ1) is 14.3. The van der Waals surface area contributed by atoms with Crippen LogP contribution in [0.25, 0.3) is 0 Å². The molecule has 0 aromatic carbocycles. The molecule has 7 heteroatoms. The highest BCUT2D eigenvalue weighted by atomic mass is 16.5. The van der Waals surface area contributed by atoms with Crippen LogP contribution in [-0.4, -0.2) is 65.2 Å². The minimum atomic E-state index is -1.38. The summed E-state index contributed by atoms with van der Waals surface area (Å²) in [7, 11) is 1.59. The van der Waals surface area contributed by atoms with Crippen LogP contribution in [0.5, 0.6) is 0 Å². The van der Waals surface area contributed by atoms with E-state index in [0.717, 1.165) is 4.90 Å². The summed E-state index contributed by atoms with van der Waals surface area (Å²) in [5.41, 5.74) is -1.38. The first-order valence-electron chi connectivity index (χ1n) is 5.74. The number of esters is 1. The van der Waals surface area contributed by atoms with Gasteiger partial charge in [-0.05, 0) is 13.8 Å². The van der Waals surface area contributed by atoms with Gasteiger partial charge in [-0.3, -0.25) is 14.5 Å². The van der Waals surface area contributed by atoms with Gasteiger partial charge in [-0.1, -0.05) is 0 Å². The first-order valence-corrected chi connectivity index (χ1v) is 5.74. The number of carboxylic acid groups (broad SMARTS) is 1. The molecule has 0 aliphatic carbocycles. The molecule has 1 aliphatic heterocycles. The Balaban J connectivity index is 2.97. The van der Waals surface area contributed by atoms with E-state index in [0.29, 0.717) is 6.54 Å². The molecule has 1 fully saturated rings. The van der Waals surface area contributed by atoms with Crippen LogP contribution in [-0.2, 0) is 14.3 Å². The van der Waals surface area contributed by atoms with E-state index >= 15 is 0 Å². The molecule has 0 aromatic heterocycles. The number of hydrogen-bond acceptors (Lipinski definition) is 4. The third-order valence-corrected chi connectivity index (χ3v) is 3.09. The van der Waals surface area contributed by atoms with Crippen molar-refractivity contribution >= 4 is 18.0 Å². The van der Waals surface area contributed by atoms with E-state index in [1.165, 1.54) is 11.8 Å². The number of likely N-dealkylation sites (N-methyl/N-ethyl adjacent to an activating group) is 1. The fourth-order valence-electron chi connectivity index (χ4n) is 2.10. The second-order valence-electron chi connectivity index (χ2n) is 4.42. The zero-order valence-corrected chi connectivity index (χ0v) is 10.8. The maximum absolute atomic E-state index is 12.1. The summed E-state index contributed by atoms with van der Waals surface area (Å²) in [6, 6.07) is 0. The Bertz CT molecular complexity index is 370. The second kappa shape index (κ2) is 5.24. The standard InChI is InChI=1S/C11H18N2O5/c1-4-18-8(14)7-11(2)9(15)12(3)5-6-13(11)10(16)17/h4-7H2,1-3H3,(H,16,17). The van der Waals surface area contributed by atoms with Crippen LogP contribution in [0, 0.1) is 0 Å². The van der Waals surface area contributed by atoms with E-state index < -0.39 is 17.6 Å². The predicted octanol–water partition coefficient (Wildman–Crippen LogP) is 0.150. The molecule has 1 heterocycles. The van der Waals surface area contributed by atoms with E-state index in [1.807, 2.05) is 0 Å². The molecular formula is C11H18N2O5. The summed E-state index contributed by atoms with van der Waals surface area (Å²) in [5, 5.41) is 9.12. The zero-order chi connectivity index (χ0) is 13.9. The number of nitrogens with zero attached hydrogens (tertiary/aromatic N) is 2. The van der Waals surface area contributed by atoms with Gasteiger partial charge in [0.15, 0.2) is 0 Å². The second-order valence-corrected chi connectivity index (χ2v) is 4.42. The van der Waals surface area contributed by atoms with E-state index in [-0.39, 0.29) is 25.5 Å². The van der Waals surface area contributed by atoms with Crippen molar-refractivity contribution in [1.29, 1.82) is 0 Å². The molecule has 0 saturated carbocycles. The quantitative estimate of drug-likeness (QED) is 0.728. The number of carbonyl (C=O) groups is 3. The van der Waals surface area contributed by atoms with Gasteiger partial charge in [-0.15, -0.1) is 0 Å². The van der Waals surface area contributed by atoms with Gasteiger partial charge >= 0.3 is 12.1 Å². The van der Waals surface area contributed by atoms with Crippen LogP contribution in [0.4, 0.5) is 4.79 Å². The van der Waals surface area contributed by atoms with Gasteiger partial charge in [0.2, 0.25) is 5.91 Å². The molecule has 1 aliphatic rings. The fourth-order valence-corrected chi connectivity index (χ4v) is 2.10. The van der Waals surface area contributed by atoms with E-state index in [9.17, 15) is 14.4 Å². The number of amides is 2. The summed E-state index contributed by atoms with van der Waals surface area (Å²) >= 11 is 0. The highest BCUT2D eigenvalue weighted by Gasteiger charge is 2.48. The van der Waals surface area contributed by atoms with Gasteiger partial charge in [-0.25, -0.2) is 4.79 Å². The lowest BCUT2D eigenvalue weighted by Gasteiger charge is -2.44. The molecule has 2 amide bonds. The van der Waals surface area contributed by atoms with Crippen molar-refractivity contribution in [2.45, 2.75) is 25.8 Å². The van der Waals surface area contributed by atoms with Crippen LogP contribution in [0.2, 0.25) is 0 Å². The van der Waals surface area contributed by atoms with Gasteiger partial charge in [0.1, 0.15) is 5.54 Å². The predicted molar refractivity (Wildman–Crippen MR) is 62.0 cm³/mol. The molecule has 102 valence electrons. The smallest absolute Gasteiger partial charge is 0.408 e. The zero-order valence-electron chi connectivity index (χ0n) is 10.8. The first-order chi connectivity index (χ1) is 8.32. The highest BCUT2D eigenvalue weighted by molar-refractivity contribution is 5.94. The lowest BCUT2D eigenvalue weighted by molar-refractivity contribution is -0.157. The molecular weight excluding hydrogens is 240 g/mol. The van der Waals surface area contributed by atoms with Crippen LogP contribution < -0.4 is 0 Å². The van der Waals surface area contributed by atoms with Gasteiger partial charge in [0, 0.05) is 20.1 Å². The molecule has 7 nitrogen and oxygen atoms in total. The Labute approximate surface area is 105 Å². The largest absolute Gasteiger partial charge is 0.466 e. The van der Waals surface area contributed by atoms with Crippen LogP contribution >= 0.6 is 0 Å². The van der Waals surface area contributed by atoms with Crippen molar-refractivity contribution < 1.29 is 24.2 Å². The Morgan fingerprint density at radius 2 is 2.06 bits per heavy atom. The summed E-state index contributed by atoms with van der Waals surface area (Å²) in [5.74, 6) is -0.959. The van der Waals surface area contributed by atoms with Crippen molar-refractivity contribution in [3.05, 3.63) is 0 Å².